The number of nitrogens with zero attached hydrogens (tertiary/aromatic N) is 1. The summed E-state index contributed by atoms with van der Waals surface area (Å²) in [5.41, 5.74) is 7.00. The Morgan fingerprint density at radius 2 is 2.00 bits per heavy atom. The van der Waals surface area contributed by atoms with Crippen LogP contribution < -0.4 is 5.73 Å². The highest BCUT2D eigenvalue weighted by molar-refractivity contribution is 7.93. The van der Waals surface area contributed by atoms with Crippen molar-refractivity contribution in [3.63, 3.8) is 0 Å². The van der Waals surface area contributed by atoms with E-state index in [0.717, 1.165) is 16.6 Å². The fraction of sp³-hybridized carbons (Fsp3) is 0.474. The van der Waals surface area contributed by atoms with Crippen LogP contribution in [0.5, 0.6) is 0 Å². The molecule has 1 fully saturated rings. The highest BCUT2D eigenvalue weighted by atomic mass is 32.2. The Labute approximate surface area is 153 Å². The first-order valence-corrected chi connectivity index (χ1v) is 10.3. The molecule has 7 heteroatoms. The number of carbonyl (C=O) groups is 1. The van der Waals surface area contributed by atoms with Crippen molar-refractivity contribution in [3.05, 3.63) is 42.1 Å². The molecule has 140 valence electrons. The Hall–Kier alpha value is -1.99. The first-order chi connectivity index (χ1) is 12.2. The molecule has 2 atom stereocenters. The monoisotopic (exact) mass is 376 g/mol. The summed E-state index contributed by atoms with van der Waals surface area (Å²) in [6.45, 7) is 3.66. The van der Waals surface area contributed by atoms with Crippen molar-refractivity contribution in [3.8, 4) is 0 Å². The average molecular weight is 376 g/mol. The van der Waals surface area contributed by atoms with Crippen molar-refractivity contribution < 1.29 is 17.9 Å². The molecular formula is C19H24N2O4S. The quantitative estimate of drug-likeness (QED) is 0.861. The van der Waals surface area contributed by atoms with Gasteiger partial charge in [0.25, 0.3) is 0 Å². The molecule has 2 heterocycles. The van der Waals surface area contributed by atoms with E-state index in [9.17, 15) is 13.2 Å². The Balaban J connectivity index is 1.91. The van der Waals surface area contributed by atoms with Crippen molar-refractivity contribution in [1.29, 1.82) is 0 Å². The fourth-order valence-electron chi connectivity index (χ4n) is 3.24. The minimum atomic E-state index is -3.70. The number of para-hydroxylation sites is 1. The number of hydrogen-bond acceptors (Lipinski definition) is 5. The zero-order valence-electron chi connectivity index (χ0n) is 15.0. The zero-order chi connectivity index (χ0) is 18.9. The smallest absolute Gasteiger partial charge is 0.238 e. The van der Waals surface area contributed by atoms with E-state index in [1.165, 1.54) is 13.8 Å². The van der Waals surface area contributed by atoms with E-state index in [4.69, 9.17) is 15.5 Å². The van der Waals surface area contributed by atoms with Crippen molar-refractivity contribution in [2.75, 3.05) is 19.0 Å². The number of ether oxygens (including phenoxy) is 1. The third-order valence-corrected chi connectivity index (χ3v) is 7.93. The second kappa shape index (κ2) is 6.96. The highest BCUT2D eigenvalue weighted by Crippen LogP contribution is 2.34. The molecule has 3 rings (SSSR count). The van der Waals surface area contributed by atoms with E-state index in [-0.39, 0.29) is 17.6 Å². The van der Waals surface area contributed by atoms with Crippen LogP contribution in [0.15, 0.2) is 36.4 Å². The summed E-state index contributed by atoms with van der Waals surface area (Å²) in [6, 6.07) is 11.7. The summed E-state index contributed by atoms with van der Waals surface area (Å²) < 4.78 is 29.6. The van der Waals surface area contributed by atoms with Gasteiger partial charge >= 0.3 is 0 Å². The van der Waals surface area contributed by atoms with Crippen molar-refractivity contribution in [1.82, 2.24) is 4.98 Å². The maximum atomic E-state index is 12.8. The van der Waals surface area contributed by atoms with Gasteiger partial charge in [-0.1, -0.05) is 24.3 Å². The van der Waals surface area contributed by atoms with E-state index in [1.54, 1.807) is 0 Å². The number of hydrogen-bond donors (Lipinski definition) is 1. The van der Waals surface area contributed by atoms with Crippen LogP contribution in [-0.4, -0.2) is 43.0 Å². The zero-order valence-corrected chi connectivity index (χ0v) is 15.8. The number of primary amides is 1. The van der Waals surface area contributed by atoms with Crippen LogP contribution in [0.1, 0.15) is 31.9 Å². The van der Waals surface area contributed by atoms with E-state index in [0.29, 0.717) is 19.6 Å². The molecule has 0 radical (unpaired) electrons. The number of aromatic nitrogens is 1. The van der Waals surface area contributed by atoms with Crippen LogP contribution in [0, 0.1) is 5.92 Å². The van der Waals surface area contributed by atoms with Gasteiger partial charge in [-0.15, -0.1) is 0 Å². The predicted molar refractivity (Wildman–Crippen MR) is 100 cm³/mol. The topological polar surface area (TPSA) is 99.4 Å². The van der Waals surface area contributed by atoms with Gasteiger partial charge < -0.3 is 10.5 Å². The number of benzene rings is 1. The number of nitrogens with two attached hydrogens (primary N) is 1. The SMILES string of the molecule is CC(C)(C(N)=O)S(=O)(=O)CC1CCOCC1c1ccc2ccccc2n1. The van der Waals surface area contributed by atoms with Gasteiger partial charge in [0.05, 0.1) is 17.9 Å². The Morgan fingerprint density at radius 1 is 1.27 bits per heavy atom. The molecule has 0 spiro atoms. The first-order valence-electron chi connectivity index (χ1n) is 8.68. The summed E-state index contributed by atoms with van der Waals surface area (Å²) in [5.74, 6) is -1.23. The van der Waals surface area contributed by atoms with E-state index in [2.05, 4.69) is 0 Å². The molecule has 1 saturated heterocycles. The van der Waals surface area contributed by atoms with Crippen molar-refractivity contribution in [2.45, 2.75) is 30.9 Å². The Kier molecular flexibility index (Phi) is 5.03. The summed E-state index contributed by atoms with van der Waals surface area (Å²) in [4.78, 5) is 16.3. The average Bonchev–Trinajstić information content (AvgIpc) is 2.61. The van der Waals surface area contributed by atoms with Gasteiger partial charge in [-0.3, -0.25) is 9.78 Å². The molecule has 1 amide bonds. The van der Waals surface area contributed by atoms with Gasteiger partial charge in [0, 0.05) is 23.6 Å². The normalized spacial score (nSPS) is 21.6. The molecule has 0 aliphatic carbocycles. The molecule has 1 aliphatic rings. The minimum absolute atomic E-state index is 0.106. The lowest BCUT2D eigenvalue weighted by molar-refractivity contribution is -0.119. The van der Waals surface area contributed by atoms with E-state index in [1.807, 2.05) is 36.4 Å². The molecule has 0 saturated carbocycles. The lowest BCUT2D eigenvalue weighted by Crippen LogP contribution is -2.48. The van der Waals surface area contributed by atoms with Gasteiger partial charge in [-0.05, 0) is 38.3 Å². The van der Waals surface area contributed by atoms with Gasteiger partial charge in [0.1, 0.15) is 4.75 Å². The third kappa shape index (κ3) is 3.46. The standard InChI is InChI=1S/C19H24N2O4S/c1-19(2,18(20)22)26(23,24)12-14-9-10-25-11-15(14)17-8-7-13-5-3-4-6-16(13)21-17/h3-8,14-15H,9-12H2,1-2H3,(H2,20,22). The van der Waals surface area contributed by atoms with Gasteiger partial charge in [-0.2, -0.15) is 0 Å². The lowest BCUT2D eigenvalue weighted by atomic mass is 9.87. The van der Waals surface area contributed by atoms with Crippen LogP contribution >= 0.6 is 0 Å². The van der Waals surface area contributed by atoms with Crippen LogP contribution in [-0.2, 0) is 19.4 Å². The summed E-state index contributed by atoms with van der Waals surface area (Å²) in [7, 11) is -3.70. The first kappa shape index (κ1) is 18.8. The molecule has 1 aromatic carbocycles. The maximum Gasteiger partial charge on any atom is 0.238 e. The lowest BCUT2D eigenvalue weighted by Gasteiger charge is -2.33. The molecule has 1 aliphatic heterocycles. The number of sulfone groups is 1. The molecule has 2 unspecified atom stereocenters. The van der Waals surface area contributed by atoms with Crippen molar-refractivity contribution >= 4 is 26.6 Å². The van der Waals surface area contributed by atoms with E-state index < -0.39 is 20.5 Å². The molecule has 2 aromatic rings. The van der Waals surface area contributed by atoms with Gasteiger partial charge in [-0.25, -0.2) is 8.42 Å². The Bertz CT molecular complexity index is 924. The number of amides is 1. The number of pyridine rings is 1. The molecule has 6 nitrogen and oxygen atoms in total. The van der Waals surface area contributed by atoms with Gasteiger partial charge in [0.2, 0.25) is 5.91 Å². The summed E-state index contributed by atoms with van der Waals surface area (Å²) in [5, 5.41) is 1.03. The number of rotatable bonds is 5. The predicted octanol–water partition coefficient (Wildman–Crippen LogP) is 2.03. The Morgan fingerprint density at radius 3 is 2.73 bits per heavy atom. The van der Waals surface area contributed by atoms with E-state index >= 15 is 0 Å². The van der Waals surface area contributed by atoms with Crippen molar-refractivity contribution in [2.24, 2.45) is 11.7 Å². The summed E-state index contributed by atoms with van der Waals surface area (Å²) >= 11 is 0. The van der Waals surface area contributed by atoms with Gasteiger partial charge in [0.15, 0.2) is 9.84 Å². The summed E-state index contributed by atoms with van der Waals surface area (Å²) in [6.07, 6.45) is 0.604. The third-order valence-electron chi connectivity index (χ3n) is 5.30. The molecule has 26 heavy (non-hydrogen) atoms. The molecular weight excluding hydrogens is 352 g/mol. The minimum Gasteiger partial charge on any atom is -0.381 e. The second-order valence-corrected chi connectivity index (χ2v) is 9.90. The highest BCUT2D eigenvalue weighted by Gasteiger charge is 2.43. The van der Waals surface area contributed by atoms with Crippen LogP contribution in [0.2, 0.25) is 0 Å². The fourth-order valence-corrected chi connectivity index (χ4v) is 4.93. The number of carbonyl (C=O) groups excluding carboxylic acids is 1. The largest absolute Gasteiger partial charge is 0.381 e. The van der Waals surface area contributed by atoms with Crippen LogP contribution in [0.25, 0.3) is 10.9 Å². The molecule has 0 bridgehead atoms. The second-order valence-electron chi connectivity index (χ2n) is 7.31. The maximum absolute atomic E-state index is 12.8. The molecule has 1 aromatic heterocycles. The van der Waals surface area contributed by atoms with Crippen LogP contribution in [0.3, 0.4) is 0 Å². The number of fused-ring (bicyclic) bond motifs is 1. The van der Waals surface area contributed by atoms with Crippen LogP contribution in [0.4, 0.5) is 0 Å². The molecule has 2 N–H and O–H groups in total.